The third-order valence-electron chi connectivity index (χ3n) is 4.52. The standard InChI is InChI=1S/C17H23NO/c1-11-3-4-13(9-12(11)2)10-16(19)18-17(14-5-6-14)15-7-8-15/h3-4,9,14-15,17H,5-8,10H2,1-2H3,(H,18,19). The molecule has 2 nitrogen and oxygen atoms in total. The normalized spacial score (nSPS) is 18.7. The maximum atomic E-state index is 12.2. The van der Waals surface area contributed by atoms with Gasteiger partial charge in [-0.3, -0.25) is 4.79 Å². The van der Waals surface area contributed by atoms with Gasteiger partial charge in [0.25, 0.3) is 0 Å². The van der Waals surface area contributed by atoms with Gasteiger partial charge in [0.2, 0.25) is 5.91 Å². The summed E-state index contributed by atoms with van der Waals surface area (Å²) in [5, 5.41) is 3.28. The van der Waals surface area contributed by atoms with E-state index in [1.165, 1.54) is 36.8 Å². The second-order valence-electron chi connectivity index (χ2n) is 6.36. The summed E-state index contributed by atoms with van der Waals surface area (Å²) in [6, 6.07) is 6.79. The first-order valence-electron chi connectivity index (χ1n) is 7.49. The van der Waals surface area contributed by atoms with Gasteiger partial charge in [0, 0.05) is 6.04 Å². The van der Waals surface area contributed by atoms with E-state index < -0.39 is 0 Å². The Morgan fingerprint density at radius 1 is 1.16 bits per heavy atom. The van der Waals surface area contributed by atoms with Gasteiger partial charge in [0.15, 0.2) is 0 Å². The van der Waals surface area contributed by atoms with Crippen LogP contribution in [0, 0.1) is 25.7 Å². The summed E-state index contributed by atoms with van der Waals surface area (Å²) >= 11 is 0. The maximum Gasteiger partial charge on any atom is 0.224 e. The Hall–Kier alpha value is -1.31. The lowest BCUT2D eigenvalue weighted by Gasteiger charge is -2.17. The lowest BCUT2D eigenvalue weighted by Crippen LogP contribution is -2.38. The zero-order valence-corrected chi connectivity index (χ0v) is 11.9. The van der Waals surface area contributed by atoms with E-state index in [-0.39, 0.29) is 5.91 Å². The summed E-state index contributed by atoms with van der Waals surface area (Å²) in [7, 11) is 0. The van der Waals surface area contributed by atoms with Crippen molar-refractivity contribution in [1.29, 1.82) is 0 Å². The molecule has 2 aliphatic carbocycles. The van der Waals surface area contributed by atoms with E-state index in [0.29, 0.717) is 12.5 Å². The van der Waals surface area contributed by atoms with E-state index >= 15 is 0 Å². The van der Waals surface area contributed by atoms with Crippen LogP contribution < -0.4 is 5.32 Å². The topological polar surface area (TPSA) is 29.1 Å². The average Bonchev–Trinajstić information content (AvgIpc) is 3.25. The molecule has 0 unspecified atom stereocenters. The highest BCUT2D eigenvalue weighted by molar-refractivity contribution is 5.79. The number of rotatable bonds is 5. The lowest BCUT2D eigenvalue weighted by molar-refractivity contribution is -0.121. The summed E-state index contributed by atoms with van der Waals surface area (Å²) in [6.45, 7) is 4.21. The molecule has 0 spiro atoms. The van der Waals surface area contributed by atoms with Gasteiger partial charge in [-0.15, -0.1) is 0 Å². The van der Waals surface area contributed by atoms with E-state index in [1.807, 2.05) is 0 Å². The summed E-state index contributed by atoms with van der Waals surface area (Å²) in [4.78, 5) is 12.2. The first-order valence-corrected chi connectivity index (χ1v) is 7.49. The van der Waals surface area contributed by atoms with E-state index in [9.17, 15) is 4.79 Å². The van der Waals surface area contributed by atoms with Crippen molar-refractivity contribution < 1.29 is 4.79 Å². The van der Waals surface area contributed by atoms with Gasteiger partial charge >= 0.3 is 0 Å². The number of hydrogen-bond acceptors (Lipinski definition) is 1. The number of hydrogen-bond donors (Lipinski definition) is 1. The Balaban J connectivity index is 1.59. The minimum Gasteiger partial charge on any atom is -0.353 e. The van der Waals surface area contributed by atoms with Crippen molar-refractivity contribution in [3.05, 3.63) is 34.9 Å². The van der Waals surface area contributed by atoms with Gasteiger partial charge < -0.3 is 5.32 Å². The van der Waals surface area contributed by atoms with Crippen LogP contribution in [0.15, 0.2) is 18.2 Å². The zero-order valence-electron chi connectivity index (χ0n) is 11.9. The molecule has 0 radical (unpaired) electrons. The molecule has 1 amide bonds. The van der Waals surface area contributed by atoms with Crippen molar-refractivity contribution in [2.45, 2.75) is 52.0 Å². The molecule has 0 saturated heterocycles. The monoisotopic (exact) mass is 257 g/mol. The SMILES string of the molecule is Cc1ccc(CC(=O)NC(C2CC2)C2CC2)cc1C. The van der Waals surface area contributed by atoms with Crippen LogP contribution in [-0.2, 0) is 11.2 Å². The first-order chi connectivity index (χ1) is 9.13. The third-order valence-corrected chi connectivity index (χ3v) is 4.52. The van der Waals surface area contributed by atoms with Crippen LogP contribution in [0.1, 0.15) is 42.4 Å². The van der Waals surface area contributed by atoms with E-state index in [1.54, 1.807) is 0 Å². The van der Waals surface area contributed by atoms with E-state index in [2.05, 4.69) is 37.4 Å². The van der Waals surface area contributed by atoms with E-state index in [4.69, 9.17) is 0 Å². The van der Waals surface area contributed by atoms with Crippen molar-refractivity contribution in [2.24, 2.45) is 11.8 Å². The van der Waals surface area contributed by atoms with Crippen molar-refractivity contribution in [3.8, 4) is 0 Å². The predicted octanol–water partition coefficient (Wildman–Crippen LogP) is 3.15. The molecule has 0 aromatic heterocycles. The van der Waals surface area contributed by atoms with Gasteiger partial charge in [0.05, 0.1) is 6.42 Å². The van der Waals surface area contributed by atoms with Crippen LogP contribution in [0.2, 0.25) is 0 Å². The van der Waals surface area contributed by atoms with Crippen molar-refractivity contribution in [1.82, 2.24) is 5.32 Å². The van der Waals surface area contributed by atoms with Gasteiger partial charge in [-0.25, -0.2) is 0 Å². The molecular formula is C17H23NO. The predicted molar refractivity (Wildman–Crippen MR) is 77.0 cm³/mol. The Morgan fingerprint density at radius 3 is 2.32 bits per heavy atom. The molecule has 0 aliphatic heterocycles. The summed E-state index contributed by atoms with van der Waals surface area (Å²) in [5.74, 6) is 1.75. The largest absolute Gasteiger partial charge is 0.353 e. The zero-order chi connectivity index (χ0) is 13.4. The smallest absolute Gasteiger partial charge is 0.224 e. The van der Waals surface area contributed by atoms with Crippen LogP contribution in [0.3, 0.4) is 0 Å². The number of nitrogens with one attached hydrogen (secondary N) is 1. The molecule has 2 aliphatic rings. The van der Waals surface area contributed by atoms with Gasteiger partial charge in [0.1, 0.15) is 0 Å². The molecule has 3 rings (SSSR count). The van der Waals surface area contributed by atoms with Gasteiger partial charge in [-0.05, 0) is 68.1 Å². The fraction of sp³-hybridized carbons (Fsp3) is 0.588. The molecule has 102 valence electrons. The van der Waals surface area contributed by atoms with Gasteiger partial charge in [-0.2, -0.15) is 0 Å². The van der Waals surface area contributed by atoms with Gasteiger partial charge in [-0.1, -0.05) is 18.2 Å². The molecule has 0 atom stereocenters. The fourth-order valence-corrected chi connectivity index (χ4v) is 2.87. The molecule has 2 saturated carbocycles. The molecule has 1 aromatic carbocycles. The summed E-state index contributed by atoms with van der Waals surface area (Å²) in [5.41, 5.74) is 3.69. The Morgan fingerprint density at radius 2 is 1.79 bits per heavy atom. The van der Waals surface area contributed by atoms with Crippen molar-refractivity contribution in [3.63, 3.8) is 0 Å². The quantitative estimate of drug-likeness (QED) is 0.862. The van der Waals surface area contributed by atoms with Crippen molar-refractivity contribution in [2.75, 3.05) is 0 Å². The fourth-order valence-electron chi connectivity index (χ4n) is 2.87. The van der Waals surface area contributed by atoms with Crippen molar-refractivity contribution >= 4 is 5.91 Å². The summed E-state index contributed by atoms with van der Waals surface area (Å²) in [6.07, 6.45) is 5.77. The highest BCUT2D eigenvalue weighted by Crippen LogP contribution is 2.44. The molecule has 2 heteroatoms. The lowest BCUT2D eigenvalue weighted by atomic mass is 10.0. The number of benzene rings is 1. The minimum absolute atomic E-state index is 0.201. The highest BCUT2D eigenvalue weighted by Gasteiger charge is 2.42. The Kier molecular flexibility index (Phi) is 3.34. The van der Waals surface area contributed by atoms with Crippen LogP contribution in [0.25, 0.3) is 0 Å². The molecule has 0 heterocycles. The van der Waals surface area contributed by atoms with Crippen LogP contribution in [0.5, 0.6) is 0 Å². The molecule has 2 fully saturated rings. The van der Waals surface area contributed by atoms with Crippen LogP contribution >= 0.6 is 0 Å². The Bertz CT molecular complexity index is 474. The number of aryl methyl sites for hydroxylation is 2. The minimum atomic E-state index is 0.201. The summed E-state index contributed by atoms with van der Waals surface area (Å²) < 4.78 is 0. The molecule has 19 heavy (non-hydrogen) atoms. The number of carbonyl (C=O) groups excluding carboxylic acids is 1. The number of carbonyl (C=O) groups is 1. The molecule has 1 N–H and O–H groups in total. The maximum absolute atomic E-state index is 12.2. The molecular weight excluding hydrogens is 234 g/mol. The van der Waals surface area contributed by atoms with Crippen LogP contribution in [-0.4, -0.2) is 11.9 Å². The second-order valence-corrected chi connectivity index (χ2v) is 6.36. The molecule has 0 bridgehead atoms. The second kappa shape index (κ2) is 4.99. The highest BCUT2D eigenvalue weighted by atomic mass is 16.1. The number of amides is 1. The first kappa shape index (κ1) is 12.7. The van der Waals surface area contributed by atoms with E-state index in [0.717, 1.165) is 17.4 Å². The molecule has 1 aromatic rings. The Labute approximate surface area is 115 Å². The average molecular weight is 257 g/mol. The van der Waals surface area contributed by atoms with Crippen LogP contribution in [0.4, 0.5) is 0 Å². The third kappa shape index (κ3) is 3.17.